The molecule has 0 aliphatic carbocycles. The van der Waals surface area contributed by atoms with E-state index < -0.39 is 0 Å². The minimum absolute atomic E-state index is 0. The Morgan fingerprint density at radius 3 is 2.09 bits per heavy atom. The predicted molar refractivity (Wildman–Crippen MR) is 106 cm³/mol. The number of anilines is 1. The second-order valence-electron chi connectivity index (χ2n) is 4.86. The Morgan fingerprint density at radius 2 is 1.65 bits per heavy atom. The van der Waals surface area contributed by atoms with E-state index in [4.69, 9.17) is 0 Å². The third-order valence-electron chi connectivity index (χ3n) is 2.92. The molecule has 0 aromatic heterocycles. The molecule has 0 amide bonds. The van der Waals surface area contributed by atoms with Gasteiger partial charge in [0.05, 0.1) is 0 Å². The number of halogens is 1. The summed E-state index contributed by atoms with van der Waals surface area (Å²) in [5.74, 6) is 0.445. The number of benzene rings is 1. The summed E-state index contributed by atoms with van der Waals surface area (Å²) < 4.78 is 12.7. The smallest absolute Gasteiger partial charge is 0.123 e. The molecule has 0 spiro atoms. The van der Waals surface area contributed by atoms with Crippen LogP contribution in [-0.4, -0.2) is 20.6 Å². The van der Waals surface area contributed by atoms with Crippen LogP contribution in [0.25, 0.3) is 0 Å². The van der Waals surface area contributed by atoms with Gasteiger partial charge in [-0.1, -0.05) is 40.7 Å². The Balaban J connectivity index is -0.000000596. The summed E-state index contributed by atoms with van der Waals surface area (Å²) >= 11 is 0. The predicted octanol–water partition coefficient (Wildman–Crippen LogP) is 6.12. The summed E-state index contributed by atoms with van der Waals surface area (Å²) in [5.41, 5.74) is 0.983. The van der Waals surface area contributed by atoms with E-state index in [9.17, 15) is 4.39 Å². The van der Waals surface area contributed by atoms with Crippen molar-refractivity contribution in [1.29, 1.82) is 0 Å². The lowest BCUT2D eigenvalue weighted by Crippen LogP contribution is -2.04. The topological polar surface area (TPSA) is 24.1 Å². The van der Waals surface area contributed by atoms with Gasteiger partial charge in [0.2, 0.25) is 0 Å². The highest BCUT2D eigenvalue weighted by atomic mass is 19.1. The van der Waals surface area contributed by atoms with Gasteiger partial charge in [0, 0.05) is 12.2 Å². The minimum atomic E-state index is -0.190. The molecular formula is C20H39FN2. The average molecular weight is 327 g/mol. The summed E-state index contributed by atoms with van der Waals surface area (Å²) in [6, 6.07) is 6.50. The van der Waals surface area contributed by atoms with Crippen LogP contribution in [0.15, 0.2) is 36.9 Å². The second kappa shape index (κ2) is 20.6. The molecule has 3 heteroatoms. The highest BCUT2D eigenvalue weighted by molar-refractivity contribution is 5.42. The number of hydrogen-bond acceptors (Lipinski definition) is 2. The van der Waals surface area contributed by atoms with Crippen LogP contribution >= 0.6 is 0 Å². The number of allylic oxidation sites excluding steroid dienone is 1. The van der Waals surface area contributed by atoms with Crippen LogP contribution in [-0.2, 0) is 0 Å². The molecular weight excluding hydrogens is 287 g/mol. The lowest BCUT2D eigenvalue weighted by molar-refractivity contribution is 0.525. The molecule has 1 aromatic carbocycles. The molecule has 1 aromatic rings. The molecule has 0 radical (unpaired) electrons. The van der Waals surface area contributed by atoms with Crippen molar-refractivity contribution in [2.45, 2.75) is 53.9 Å². The number of rotatable bonds is 8. The highest BCUT2D eigenvalue weighted by Gasteiger charge is 2.02. The standard InChI is InChI=1S/C15H22FN.C2H7N.C2H6.CH4/c1-3-6-13(4-2)7-5-12-17-15-10-8-14(16)9-11-15;1-3-2;1-2;/h4,8-11,13,17H,2-3,5-7,12H2,1H3;3H,1-2H3;1-2H3;1H4. The fourth-order valence-corrected chi connectivity index (χ4v) is 1.92. The Bertz CT molecular complexity index is 336. The van der Waals surface area contributed by atoms with Gasteiger partial charge in [-0.25, -0.2) is 4.39 Å². The molecule has 23 heavy (non-hydrogen) atoms. The van der Waals surface area contributed by atoms with Crippen molar-refractivity contribution in [2.24, 2.45) is 5.92 Å². The van der Waals surface area contributed by atoms with Crippen molar-refractivity contribution in [3.8, 4) is 0 Å². The van der Waals surface area contributed by atoms with Gasteiger partial charge in [0.25, 0.3) is 0 Å². The van der Waals surface area contributed by atoms with E-state index in [0.717, 1.165) is 18.7 Å². The Hall–Kier alpha value is -1.35. The first-order valence-electron chi connectivity index (χ1n) is 8.38. The largest absolute Gasteiger partial charge is 0.385 e. The van der Waals surface area contributed by atoms with Gasteiger partial charge in [-0.2, -0.15) is 0 Å². The molecule has 0 saturated heterocycles. The SMILES string of the molecule is C.C=CC(CCC)CCCNc1ccc(F)cc1.CC.CNC. The molecule has 0 bridgehead atoms. The minimum Gasteiger partial charge on any atom is -0.385 e. The van der Waals surface area contributed by atoms with Crippen LogP contribution in [0.5, 0.6) is 0 Å². The summed E-state index contributed by atoms with van der Waals surface area (Å²) in [4.78, 5) is 0. The first-order valence-corrected chi connectivity index (χ1v) is 8.38. The van der Waals surface area contributed by atoms with Gasteiger partial charge in [-0.3, -0.25) is 0 Å². The van der Waals surface area contributed by atoms with Gasteiger partial charge in [-0.05, 0) is 63.5 Å². The van der Waals surface area contributed by atoms with Gasteiger partial charge < -0.3 is 10.6 Å². The molecule has 1 unspecified atom stereocenters. The summed E-state index contributed by atoms with van der Waals surface area (Å²) in [7, 11) is 3.75. The molecule has 136 valence electrons. The average Bonchev–Trinajstić information content (AvgIpc) is 2.55. The first-order chi connectivity index (χ1) is 10.7. The summed E-state index contributed by atoms with van der Waals surface area (Å²) in [6.45, 7) is 11.0. The van der Waals surface area contributed by atoms with Crippen molar-refractivity contribution < 1.29 is 4.39 Å². The van der Waals surface area contributed by atoms with E-state index in [1.807, 2.05) is 27.9 Å². The maximum Gasteiger partial charge on any atom is 0.123 e. The zero-order valence-electron chi connectivity index (χ0n) is 15.1. The van der Waals surface area contributed by atoms with Gasteiger partial charge in [-0.15, -0.1) is 6.58 Å². The Morgan fingerprint density at radius 1 is 1.13 bits per heavy atom. The van der Waals surface area contributed by atoms with Crippen LogP contribution in [0.4, 0.5) is 10.1 Å². The van der Waals surface area contributed by atoms with E-state index in [2.05, 4.69) is 30.2 Å². The lowest BCUT2D eigenvalue weighted by atomic mass is 9.98. The van der Waals surface area contributed by atoms with Crippen LogP contribution in [0.1, 0.15) is 53.9 Å². The van der Waals surface area contributed by atoms with Crippen molar-refractivity contribution in [3.63, 3.8) is 0 Å². The van der Waals surface area contributed by atoms with Crippen LogP contribution in [0.2, 0.25) is 0 Å². The molecule has 0 saturated carbocycles. The van der Waals surface area contributed by atoms with Crippen molar-refractivity contribution in [3.05, 3.63) is 42.7 Å². The molecule has 0 fully saturated rings. The van der Waals surface area contributed by atoms with E-state index in [1.165, 1.54) is 31.4 Å². The monoisotopic (exact) mass is 326 g/mol. The maximum atomic E-state index is 12.7. The molecule has 0 heterocycles. The summed E-state index contributed by atoms with van der Waals surface area (Å²) in [5, 5.41) is 6.04. The van der Waals surface area contributed by atoms with Crippen molar-refractivity contribution >= 4 is 5.69 Å². The van der Waals surface area contributed by atoms with Crippen LogP contribution in [0, 0.1) is 11.7 Å². The highest BCUT2D eigenvalue weighted by Crippen LogP contribution is 2.15. The quantitative estimate of drug-likeness (QED) is 0.444. The third kappa shape index (κ3) is 16.8. The van der Waals surface area contributed by atoms with Crippen LogP contribution < -0.4 is 10.6 Å². The molecule has 1 rings (SSSR count). The number of nitrogens with one attached hydrogen (secondary N) is 2. The van der Waals surface area contributed by atoms with Crippen molar-refractivity contribution in [2.75, 3.05) is 26.0 Å². The zero-order chi connectivity index (χ0) is 17.2. The van der Waals surface area contributed by atoms with Gasteiger partial charge in [0.1, 0.15) is 5.82 Å². The third-order valence-corrected chi connectivity index (χ3v) is 2.92. The van der Waals surface area contributed by atoms with E-state index in [0.29, 0.717) is 5.92 Å². The Labute approximate surface area is 144 Å². The summed E-state index contributed by atoms with van der Waals surface area (Å²) in [6.07, 6.45) is 6.78. The molecule has 2 N–H and O–H groups in total. The molecule has 1 atom stereocenters. The lowest BCUT2D eigenvalue weighted by Gasteiger charge is -2.11. The van der Waals surface area contributed by atoms with Crippen molar-refractivity contribution in [1.82, 2.24) is 5.32 Å². The first kappa shape index (κ1) is 26.5. The van der Waals surface area contributed by atoms with E-state index >= 15 is 0 Å². The van der Waals surface area contributed by atoms with Gasteiger partial charge in [0.15, 0.2) is 0 Å². The molecule has 0 aliphatic heterocycles. The second-order valence-corrected chi connectivity index (χ2v) is 4.86. The normalized spacial score (nSPS) is 10.0. The van der Waals surface area contributed by atoms with Gasteiger partial charge >= 0.3 is 0 Å². The molecule has 0 aliphatic rings. The maximum absolute atomic E-state index is 12.7. The van der Waals surface area contributed by atoms with E-state index in [-0.39, 0.29) is 13.2 Å². The fraction of sp³-hybridized carbons (Fsp3) is 0.600. The van der Waals surface area contributed by atoms with E-state index in [1.54, 1.807) is 12.1 Å². The Kier molecular flexibility index (Phi) is 23.8. The fourth-order valence-electron chi connectivity index (χ4n) is 1.92. The van der Waals surface area contributed by atoms with Crippen LogP contribution in [0.3, 0.4) is 0 Å². The number of hydrogen-bond donors (Lipinski definition) is 2. The zero-order valence-corrected chi connectivity index (χ0v) is 15.1. The molecule has 2 nitrogen and oxygen atoms in total.